The summed E-state index contributed by atoms with van der Waals surface area (Å²) in [5, 5.41) is 0. The Morgan fingerprint density at radius 1 is 0.971 bits per heavy atom. The predicted molar refractivity (Wildman–Crippen MR) is 135 cm³/mol. The minimum atomic E-state index is -4.45. The molecular weight excluding hydrogens is 464 g/mol. The van der Waals surface area contributed by atoms with Crippen molar-refractivity contribution in [1.29, 1.82) is 0 Å². The van der Waals surface area contributed by atoms with Crippen LogP contribution in [0.25, 0.3) is 5.69 Å². The monoisotopic (exact) mass is 490 g/mol. The number of hydrogen-bond acceptors (Lipinski definition) is 5. The Hall–Kier alpha value is -3.98. The van der Waals surface area contributed by atoms with E-state index >= 15 is 0 Å². The maximum atomic E-state index is 13.9. The van der Waals surface area contributed by atoms with Crippen LogP contribution in [0.2, 0.25) is 0 Å². The average molecular weight is 491 g/mol. The first kappa shape index (κ1) is 24.2. The molecule has 0 aliphatic heterocycles. The normalized spacial score (nSPS) is 11.6. The van der Waals surface area contributed by atoms with Crippen LogP contribution in [-0.4, -0.2) is 28.7 Å². The first-order chi connectivity index (χ1) is 16.6. The summed E-state index contributed by atoms with van der Waals surface area (Å²) in [5.41, 5.74) is 0.995. The molecule has 0 saturated heterocycles. The van der Waals surface area contributed by atoms with Crippen LogP contribution in [0.5, 0.6) is 0 Å². The number of aromatic nitrogens is 3. The first-order valence-electron chi connectivity index (χ1n) is 11.1. The molecule has 0 spiro atoms. The van der Waals surface area contributed by atoms with E-state index in [0.29, 0.717) is 15.7 Å². The summed E-state index contributed by atoms with van der Waals surface area (Å²) in [5.74, 6) is -0.661. The molecule has 2 aromatic heterocycles. The fourth-order valence-corrected chi connectivity index (χ4v) is 5.32. The van der Waals surface area contributed by atoms with Gasteiger partial charge in [0.25, 0.3) is 21.5 Å². The first-order valence-corrected chi connectivity index (χ1v) is 12.5. The molecule has 2 aromatic carbocycles. The molecule has 8 nitrogen and oxygen atoms in total. The molecule has 0 atom stereocenters. The number of nitrogens with zero attached hydrogens (tertiary/aromatic N) is 4. The molecule has 0 bridgehead atoms. The molecule has 35 heavy (non-hydrogen) atoms. The topological polar surface area (TPSA) is 94.3 Å². The highest BCUT2D eigenvalue weighted by molar-refractivity contribution is 7.93. The summed E-state index contributed by atoms with van der Waals surface area (Å²) in [4.78, 5) is 31.2. The van der Waals surface area contributed by atoms with Crippen LogP contribution in [0.3, 0.4) is 0 Å². The van der Waals surface area contributed by atoms with Gasteiger partial charge in [-0.05, 0) is 54.8 Å². The summed E-state index contributed by atoms with van der Waals surface area (Å²) in [7, 11) is -2.80. The summed E-state index contributed by atoms with van der Waals surface area (Å²) in [6.07, 6.45) is 2.76. The van der Waals surface area contributed by atoms with Crippen LogP contribution in [0, 0.1) is 6.92 Å². The molecule has 0 aliphatic rings. The summed E-state index contributed by atoms with van der Waals surface area (Å²) in [6.45, 7) is 5.61. The van der Waals surface area contributed by atoms with Gasteiger partial charge >= 0.3 is 0 Å². The van der Waals surface area contributed by atoms with E-state index in [1.54, 1.807) is 50.4 Å². The number of anilines is 1. The zero-order valence-electron chi connectivity index (χ0n) is 19.9. The number of carbonyl (C=O) groups excluding carboxylic acids is 1. The maximum absolute atomic E-state index is 13.9. The van der Waals surface area contributed by atoms with Gasteiger partial charge in [0.05, 0.1) is 21.8 Å². The van der Waals surface area contributed by atoms with Crippen molar-refractivity contribution in [3.8, 4) is 5.69 Å². The highest BCUT2D eigenvalue weighted by Crippen LogP contribution is 2.28. The smallest absolute Gasteiger partial charge is 0.283 e. The van der Waals surface area contributed by atoms with E-state index in [1.807, 2.05) is 19.9 Å². The molecule has 4 rings (SSSR count). The van der Waals surface area contributed by atoms with E-state index in [0.717, 1.165) is 5.56 Å². The molecule has 9 heteroatoms. The van der Waals surface area contributed by atoms with Crippen molar-refractivity contribution in [3.63, 3.8) is 0 Å². The fraction of sp³-hybridized carbons (Fsp3) is 0.192. The minimum Gasteiger partial charge on any atom is -0.283 e. The molecule has 0 saturated carbocycles. The van der Waals surface area contributed by atoms with Crippen molar-refractivity contribution < 1.29 is 13.2 Å². The Morgan fingerprint density at radius 2 is 1.63 bits per heavy atom. The van der Waals surface area contributed by atoms with Gasteiger partial charge < -0.3 is 0 Å². The Bertz CT molecular complexity index is 1520. The molecule has 2 heterocycles. The number of amides is 1. The van der Waals surface area contributed by atoms with Crippen molar-refractivity contribution in [2.45, 2.75) is 31.6 Å². The van der Waals surface area contributed by atoms with E-state index in [9.17, 15) is 18.0 Å². The Kier molecular flexibility index (Phi) is 6.45. The van der Waals surface area contributed by atoms with Crippen LogP contribution >= 0.6 is 0 Å². The number of carbonyl (C=O) groups is 1. The third-order valence-electron chi connectivity index (χ3n) is 5.90. The predicted octanol–water partition coefficient (Wildman–Crippen LogP) is 4.04. The molecule has 4 aromatic rings. The van der Waals surface area contributed by atoms with Gasteiger partial charge in [0.1, 0.15) is 5.69 Å². The van der Waals surface area contributed by atoms with Gasteiger partial charge in [-0.2, -0.15) is 4.31 Å². The molecule has 180 valence electrons. The van der Waals surface area contributed by atoms with Gasteiger partial charge in [0.2, 0.25) is 0 Å². The molecular formula is C26H26N4O4S. The van der Waals surface area contributed by atoms with Gasteiger partial charge in [-0.15, -0.1) is 0 Å². The van der Waals surface area contributed by atoms with Crippen LogP contribution in [0.1, 0.15) is 41.4 Å². The molecule has 0 N–H and O–H groups in total. The molecule has 0 unspecified atom stereocenters. The largest absolute Gasteiger partial charge is 0.296 e. The molecule has 0 radical (unpaired) electrons. The Morgan fingerprint density at radius 3 is 2.20 bits per heavy atom. The summed E-state index contributed by atoms with van der Waals surface area (Å²) >= 11 is 0. The fourth-order valence-electron chi connectivity index (χ4n) is 3.86. The van der Waals surface area contributed by atoms with Crippen molar-refractivity contribution >= 4 is 21.6 Å². The number of hydrogen-bond donors (Lipinski definition) is 0. The van der Waals surface area contributed by atoms with Gasteiger partial charge in [0, 0.05) is 19.4 Å². The number of para-hydroxylation sites is 1. The maximum Gasteiger partial charge on any atom is 0.296 e. The lowest BCUT2D eigenvalue weighted by atomic mass is 10.0. The quantitative estimate of drug-likeness (QED) is 0.407. The van der Waals surface area contributed by atoms with E-state index in [4.69, 9.17) is 0 Å². The van der Waals surface area contributed by atoms with Crippen LogP contribution in [0.4, 0.5) is 5.69 Å². The summed E-state index contributed by atoms with van der Waals surface area (Å²) < 4.78 is 31.3. The third kappa shape index (κ3) is 4.30. The van der Waals surface area contributed by atoms with E-state index in [1.165, 1.54) is 46.0 Å². The van der Waals surface area contributed by atoms with Crippen molar-refractivity contribution in [2.75, 3.05) is 4.31 Å². The lowest BCUT2D eigenvalue weighted by Gasteiger charge is -2.22. The van der Waals surface area contributed by atoms with E-state index in [2.05, 4.69) is 4.98 Å². The second-order valence-corrected chi connectivity index (χ2v) is 10.2. The Labute approximate surface area is 204 Å². The number of pyridine rings is 1. The van der Waals surface area contributed by atoms with Crippen LogP contribution in [-0.2, 0) is 17.1 Å². The second-order valence-electron chi connectivity index (χ2n) is 8.45. The van der Waals surface area contributed by atoms with Crippen molar-refractivity contribution in [1.82, 2.24) is 14.3 Å². The highest BCUT2D eigenvalue weighted by Gasteiger charge is 2.37. The minimum absolute atomic E-state index is 0.0452. The number of sulfonamides is 1. The zero-order chi connectivity index (χ0) is 25.3. The SMILES string of the molecule is Cc1c(N(C(=O)c2cccnc2)S(=O)(=O)c2ccc(C(C)C)cc2)c(=O)n(-c2ccccc2)n1C. The molecule has 0 aliphatic carbocycles. The number of benzene rings is 2. The van der Waals surface area contributed by atoms with Crippen molar-refractivity contribution in [2.24, 2.45) is 7.05 Å². The third-order valence-corrected chi connectivity index (χ3v) is 7.60. The standard InChI is InChI=1S/C26H26N4O4S/c1-18(2)20-12-14-23(15-13-20)35(33,34)30(25(31)21-9-8-16-27-17-21)24-19(3)28(4)29(26(24)32)22-10-6-5-7-11-22/h5-18H,1-4H3. The van der Waals surface area contributed by atoms with Crippen LogP contribution < -0.4 is 9.86 Å². The van der Waals surface area contributed by atoms with E-state index in [-0.39, 0.29) is 22.1 Å². The van der Waals surface area contributed by atoms with Gasteiger partial charge in [-0.25, -0.2) is 13.1 Å². The lowest BCUT2D eigenvalue weighted by molar-refractivity contribution is 0.100. The van der Waals surface area contributed by atoms with Gasteiger partial charge in [0.15, 0.2) is 0 Å². The zero-order valence-corrected chi connectivity index (χ0v) is 20.7. The molecule has 1 amide bonds. The highest BCUT2D eigenvalue weighted by atomic mass is 32.2. The lowest BCUT2D eigenvalue weighted by Crippen LogP contribution is -2.40. The van der Waals surface area contributed by atoms with E-state index < -0.39 is 21.5 Å². The van der Waals surface area contributed by atoms with Crippen LogP contribution in [0.15, 0.2) is 88.8 Å². The number of rotatable bonds is 6. The van der Waals surface area contributed by atoms with Gasteiger partial charge in [-0.1, -0.05) is 44.2 Å². The molecule has 0 fully saturated rings. The summed E-state index contributed by atoms with van der Waals surface area (Å²) in [6, 6.07) is 18.2. The van der Waals surface area contributed by atoms with Crippen molar-refractivity contribution in [3.05, 3.63) is 106 Å². The average Bonchev–Trinajstić information content (AvgIpc) is 3.08. The van der Waals surface area contributed by atoms with Gasteiger partial charge in [-0.3, -0.25) is 19.3 Å². The Balaban J connectivity index is 1.97. The second kappa shape index (κ2) is 9.34.